The SMILES string of the molecule is CCCC(=O)N[C@@H]1C2CCCCN2C=C2C=CC=C[C@@H]21. The van der Waals surface area contributed by atoms with Gasteiger partial charge in [-0.25, -0.2) is 0 Å². The zero-order valence-electron chi connectivity index (χ0n) is 12.2. The predicted molar refractivity (Wildman–Crippen MR) is 81.0 cm³/mol. The Morgan fingerprint density at radius 3 is 3.15 bits per heavy atom. The number of nitrogens with one attached hydrogen (secondary N) is 1. The minimum atomic E-state index is 0.201. The highest BCUT2D eigenvalue weighted by atomic mass is 16.1. The van der Waals surface area contributed by atoms with Crippen LogP contribution in [-0.4, -0.2) is 29.4 Å². The molecule has 0 aromatic carbocycles. The minimum absolute atomic E-state index is 0.201. The van der Waals surface area contributed by atoms with E-state index in [-0.39, 0.29) is 11.9 Å². The van der Waals surface area contributed by atoms with Crippen LogP contribution in [0.5, 0.6) is 0 Å². The van der Waals surface area contributed by atoms with Gasteiger partial charge >= 0.3 is 0 Å². The zero-order valence-corrected chi connectivity index (χ0v) is 12.2. The molecule has 1 saturated heterocycles. The molecule has 3 nitrogen and oxygen atoms in total. The van der Waals surface area contributed by atoms with Gasteiger partial charge in [0.2, 0.25) is 5.91 Å². The molecule has 1 N–H and O–H groups in total. The Hall–Kier alpha value is -1.51. The maximum absolute atomic E-state index is 12.1. The third-order valence-electron chi connectivity index (χ3n) is 4.62. The Morgan fingerprint density at radius 1 is 1.40 bits per heavy atom. The van der Waals surface area contributed by atoms with Crippen molar-refractivity contribution in [2.45, 2.75) is 51.1 Å². The molecule has 0 radical (unpaired) electrons. The molecular formula is C17H24N2O. The second-order valence-corrected chi connectivity index (χ2v) is 6.04. The Kier molecular flexibility index (Phi) is 3.95. The summed E-state index contributed by atoms with van der Waals surface area (Å²) in [7, 11) is 0. The van der Waals surface area contributed by atoms with Gasteiger partial charge in [-0.2, -0.15) is 0 Å². The molecule has 20 heavy (non-hydrogen) atoms. The third kappa shape index (κ3) is 2.54. The van der Waals surface area contributed by atoms with Crippen LogP contribution in [0.4, 0.5) is 0 Å². The first-order valence-corrected chi connectivity index (χ1v) is 7.91. The van der Waals surface area contributed by atoms with Crippen LogP contribution in [0.1, 0.15) is 39.0 Å². The van der Waals surface area contributed by atoms with E-state index in [0.29, 0.717) is 18.4 Å². The largest absolute Gasteiger partial charge is 0.372 e. The zero-order chi connectivity index (χ0) is 13.9. The lowest BCUT2D eigenvalue weighted by atomic mass is 9.78. The normalized spacial score (nSPS) is 31.4. The van der Waals surface area contributed by atoms with Gasteiger partial charge in [-0.1, -0.05) is 31.2 Å². The molecule has 1 aliphatic carbocycles. The Balaban J connectivity index is 1.84. The first-order valence-electron chi connectivity index (χ1n) is 7.91. The van der Waals surface area contributed by atoms with E-state index in [4.69, 9.17) is 0 Å². The smallest absolute Gasteiger partial charge is 0.220 e. The molecule has 3 rings (SSSR count). The average molecular weight is 272 g/mol. The minimum Gasteiger partial charge on any atom is -0.372 e. The van der Waals surface area contributed by atoms with Crippen LogP contribution in [0.3, 0.4) is 0 Å². The number of amides is 1. The van der Waals surface area contributed by atoms with Gasteiger partial charge in [0.25, 0.3) is 0 Å². The number of rotatable bonds is 3. The first-order chi connectivity index (χ1) is 9.79. The Bertz CT molecular complexity index is 464. The van der Waals surface area contributed by atoms with Crippen LogP contribution in [0, 0.1) is 5.92 Å². The molecule has 1 amide bonds. The molecule has 0 spiro atoms. The fourth-order valence-electron chi connectivity index (χ4n) is 3.66. The fourth-order valence-corrected chi connectivity index (χ4v) is 3.66. The standard InChI is InChI=1S/C17H24N2O/c1-2-7-16(20)18-17-14-9-4-3-8-13(14)12-19-11-6-5-10-15(17)19/h3-4,8-9,12,14-15,17H,2,5-7,10-11H2,1H3,(H,18,20)/t14-,15?,17-/m0/s1. The lowest BCUT2D eigenvalue weighted by molar-refractivity contribution is -0.122. The van der Waals surface area contributed by atoms with Crippen molar-refractivity contribution in [3.8, 4) is 0 Å². The van der Waals surface area contributed by atoms with Crippen molar-refractivity contribution in [1.82, 2.24) is 10.2 Å². The van der Waals surface area contributed by atoms with Crippen molar-refractivity contribution >= 4 is 5.91 Å². The quantitative estimate of drug-likeness (QED) is 0.857. The van der Waals surface area contributed by atoms with E-state index in [2.05, 4.69) is 47.6 Å². The second kappa shape index (κ2) is 5.86. The van der Waals surface area contributed by atoms with Crippen molar-refractivity contribution in [3.05, 3.63) is 36.1 Å². The van der Waals surface area contributed by atoms with Gasteiger partial charge in [0.1, 0.15) is 0 Å². The van der Waals surface area contributed by atoms with E-state index in [9.17, 15) is 4.79 Å². The lowest BCUT2D eigenvalue weighted by Gasteiger charge is -2.47. The topological polar surface area (TPSA) is 32.3 Å². The Morgan fingerprint density at radius 2 is 2.30 bits per heavy atom. The number of nitrogens with zero attached hydrogens (tertiary/aromatic N) is 1. The molecule has 2 aliphatic heterocycles. The van der Waals surface area contributed by atoms with Crippen LogP contribution < -0.4 is 5.32 Å². The molecule has 0 aromatic heterocycles. The molecule has 3 aliphatic rings. The van der Waals surface area contributed by atoms with Crippen LogP contribution in [0.15, 0.2) is 36.1 Å². The van der Waals surface area contributed by atoms with Gasteiger partial charge in [0.15, 0.2) is 0 Å². The molecule has 2 heterocycles. The summed E-state index contributed by atoms with van der Waals surface area (Å²) in [5.74, 6) is 0.549. The fraction of sp³-hybridized carbons (Fsp3) is 0.588. The molecule has 108 valence electrons. The summed E-state index contributed by atoms with van der Waals surface area (Å²) >= 11 is 0. The molecule has 0 saturated carbocycles. The van der Waals surface area contributed by atoms with Gasteiger partial charge < -0.3 is 10.2 Å². The number of carbonyl (C=O) groups excluding carboxylic acids is 1. The summed E-state index contributed by atoms with van der Waals surface area (Å²) in [6.45, 7) is 3.18. The Labute approximate surface area is 121 Å². The highest BCUT2D eigenvalue weighted by molar-refractivity contribution is 5.76. The summed E-state index contributed by atoms with van der Waals surface area (Å²) in [5, 5.41) is 3.31. The first kappa shape index (κ1) is 13.5. The van der Waals surface area contributed by atoms with Crippen molar-refractivity contribution in [1.29, 1.82) is 0 Å². The van der Waals surface area contributed by atoms with Crippen molar-refractivity contribution < 1.29 is 4.79 Å². The van der Waals surface area contributed by atoms with E-state index in [0.717, 1.165) is 13.0 Å². The van der Waals surface area contributed by atoms with Gasteiger partial charge in [0, 0.05) is 31.1 Å². The number of hydrogen-bond acceptors (Lipinski definition) is 2. The van der Waals surface area contributed by atoms with Gasteiger partial charge in [0.05, 0.1) is 6.04 Å². The van der Waals surface area contributed by atoms with Gasteiger partial charge in [-0.3, -0.25) is 4.79 Å². The van der Waals surface area contributed by atoms with E-state index in [1.54, 1.807) is 0 Å². The third-order valence-corrected chi connectivity index (χ3v) is 4.62. The monoisotopic (exact) mass is 272 g/mol. The summed E-state index contributed by atoms with van der Waals surface area (Å²) in [6.07, 6.45) is 16.2. The predicted octanol–water partition coefficient (Wildman–Crippen LogP) is 2.77. The summed E-state index contributed by atoms with van der Waals surface area (Å²) in [4.78, 5) is 14.5. The molecule has 1 unspecified atom stereocenters. The van der Waals surface area contributed by atoms with Crippen LogP contribution in [0.2, 0.25) is 0 Å². The van der Waals surface area contributed by atoms with Gasteiger partial charge in [-0.05, 0) is 31.3 Å². The molecule has 1 fully saturated rings. The van der Waals surface area contributed by atoms with E-state index >= 15 is 0 Å². The molecular weight excluding hydrogens is 248 g/mol. The summed E-state index contributed by atoms with van der Waals surface area (Å²) in [5.41, 5.74) is 1.34. The molecule has 0 aromatic rings. The van der Waals surface area contributed by atoms with Crippen molar-refractivity contribution in [2.75, 3.05) is 6.54 Å². The maximum Gasteiger partial charge on any atom is 0.220 e. The number of fused-ring (bicyclic) bond motifs is 2. The van der Waals surface area contributed by atoms with Crippen LogP contribution in [-0.2, 0) is 4.79 Å². The number of piperidine rings is 1. The van der Waals surface area contributed by atoms with E-state index in [1.165, 1.54) is 24.8 Å². The van der Waals surface area contributed by atoms with Crippen molar-refractivity contribution in [3.63, 3.8) is 0 Å². The summed E-state index contributed by atoms with van der Waals surface area (Å²) in [6, 6.07) is 0.699. The van der Waals surface area contributed by atoms with E-state index in [1.807, 2.05) is 0 Å². The highest BCUT2D eigenvalue weighted by Crippen LogP contribution is 2.35. The average Bonchev–Trinajstić information content (AvgIpc) is 2.47. The maximum atomic E-state index is 12.1. The summed E-state index contributed by atoms with van der Waals surface area (Å²) < 4.78 is 0. The highest BCUT2D eigenvalue weighted by Gasteiger charge is 2.39. The van der Waals surface area contributed by atoms with Crippen LogP contribution >= 0.6 is 0 Å². The molecule has 3 heteroatoms. The number of carbonyl (C=O) groups is 1. The number of allylic oxidation sites excluding steroid dienone is 3. The van der Waals surface area contributed by atoms with E-state index < -0.39 is 0 Å². The van der Waals surface area contributed by atoms with Gasteiger partial charge in [-0.15, -0.1) is 0 Å². The molecule has 3 atom stereocenters. The number of hydrogen-bond donors (Lipinski definition) is 1. The van der Waals surface area contributed by atoms with Crippen LogP contribution in [0.25, 0.3) is 0 Å². The molecule has 0 bridgehead atoms. The van der Waals surface area contributed by atoms with Crippen molar-refractivity contribution in [2.24, 2.45) is 5.92 Å². The second-order valence-electron chi connectivity index (χ2n) is 6.04. The lowest BCUT2D eigenvalue weighted by Crippen LogP contribution is -2.57.